The highest BCUT2D eigenvalue weighted by atomic mass is 32.1. The lowest BCUT2D eigenvalue weighted by Gasteiger charge is -2.25. The van der Waals surface area contributed by atoms with E-state index in [1.165, 1.54) is 19.3 Å². The van der Waals surface area contributed by atoms with Crippen LogP contribution in [0.25, 0.3) is 11.4 Å². The van der Waals surface area contributed by atoms with Crippen LogP contribution in [-0.2, 0) is 0 Å². The summed E-state index contributed by atoms with van der Waals surface area (Å²) in [5.41, 5.74) is 1.63. The summed E-state index contributed by atoms with van der Waals surface area (Å²) in [5.74, 6) is 0. The van der Waals surface area contributed by atoms with Gasteiger partial charge in [-0.2, -0.15) is 5.26 Å². The van der Waals surface area contributed by atoms with Crippen molar-refractivity contribution in [2.75, 3.05) is 18.0 Å². The molecule has 0 amide bonds. The van der Waals surface area contributed by atoms with E-state index in [-0.39, 0.29) is 0 Å². The molecule has 1 aliphatic rings. The quantitative estimate of drug-likeness (QED) is 0.890. The predicted molar refractivity (Wildman–Crippen MR) is 68.3 cm³/mol. The van der Waals surface area contributed by atoms with Gasteiger partial charge >= 0.3 is 0 Å². The van der Waals surface area contributed by atoms with Crippen molar-refractivity contribution in [2.45, 2.75) is 19.3 Å². The molecule has 18 heavy (non-hydrogen) atoms. The van der Waals surface area contributed by atoms with Crippen molar-refractivity contribution in [3.8, 4) is 17.5 Å². The lowest BCUT2D eigenvalue weighted by molar-refractivity contribution is 0.577. The number of anilines is 1. The van der Waals surface area contributed by atoms with Gasteiger partial charge in [0.1, 0.15) is 17.5 Å². The first-order chi connectivity index (χ1) is 8.88. The van der Waals surface area contributed by atoms with Gasteiger partial charge in [0.05, 0.1) is 0 Å². The summed E-state index contributed by atoms with van der Waals surface area (Å²) in [6.07, 6.45) is 3.75. The highest BCUT2D eigenvalue weighted by Gasteiger charge is 2.17. The van der Waals surface area contributed by atoms with Crippen molar-refractivity contribution in [3.63, 3.8) is 0 Å². The molecular weight excluding hydrogens is 248 g/mol. The van der Waals surface area contributed by atoms with E-state index < -0.39 is 0 Å². The minimum Gasteiger partial charge on any atom is -0.348 e. The molecule has 3 rings (SSSR count). The Kier molecular flexibility index (Phi) is 2.94. The number of piperidine rings is 1. The first kappa shape index (κ1) is 11.2. The van der Waals surface area contributed by atoms with E-state index in [4.69, 9.17) is 5.26 Å². The van der Waals surface area contributed by atoms with Crippen LogP contribution in [0, 0.1) is 11.3 Å². The number of aromatic nitrogens is 4. The van der Waals surface area contributed by atoms with E-state index >= 15 is 0 Å². The Bertz CT molecular complexity index is 574. The van der Waals surface area contributed by atoms with E-state index in [1.54, 1.807) is 11.3 Å². The van der Waals surface area contributed by atoms with Crippen molar-refractivity contribution in [3.05, 3.63) is 11.1 Å². The van der Waals surface area contributed by atoms with Gasteiger partial charge in [-0.25, -0.2) is 10.1 Å². The molecule has 0 spiro atoms. The zero-order valence-electron chi connectivity index (χ0n) is 9.76. The molecule has 0 aliphatic carbocycles. The third-order valence-electron chi connectivity index (χ3n) is 3.02. The van der Waals surface area contributed by atoms with Gasteiger partial charge < -0.3 is 4.90 Å². The number of hydrogen-bond donors (Lipinski definition) is 1. The van der Waals surface area contributed by atoms with Gasteiger partial charge in [-0.15, -0.1) is 16.4 Å². The summed E-state index contributed by atoms with van der Waals surface area (Å²) in [6.45, 7) is 2.13. The van der Waals surface area contributed by atoms with Crippen LogP contribution in [0.5, 0.6) is 0 Å². The highest BCUT2D eigenvalue weighted by Crippen LogP contribution is 2.28. The molecular formula is C11H12N6S. The van der Waals surface area contributed by atoms with Gasteiger partial charge in [-0.05, 0) is 19.3 Å². The van der Waals surface area contributed by atoms with E-state index in [0.717, 1.165) is 23.9 Å². The van der Waals surface area contributed by atoms with E-state index in [1.807, 2.05) is 11.4 Å². The van der Waals surface area contributed by atoms with Crippen molar-refractivity contribution in [2.24, 2.45) is 0 Å². The third kappa shape index (κ3) is 1.95. The summed E-state index contributed by atoms with van der Waals surface area (Å²) in [5, 5.41) is 22.0. The second-order valence-electron chi connectivity index (χ2n) is 4.21. The van der Waals surface area contributed by atoms with Crippen LogP contribution >= 0.6 is 11.3 Å². The largest absolute Gasteiger partial charge is 0.348 e. The maximum absolute atomic E-state index is 8.93. The van der Waals surface area contributed by atoms with Crippen molar-refractivity contribution in [1.29, 1.82) is 5.26 Å². The van der Waals surface area contributed by atoms with Crippen LogP contribution in [0.1, 0.15) is 25.0 Å². The Morgan fingerprint density at radius 1 is 1.33 bits per heavy atom. The molecule has 0 radical (unpaired) electrons. The molecule has 92 valence electrons. The van der Waals surface area contributed by atoms with Crippen molar-refractivity contribution < 1.29 is 0 Å². The fourth-order valence-corrected chi connectivity index (χ4v) is 2.95. The molecule has 0 saturated carbocycles. The molecule has 6 nitrogen and oxygen atoms in total. The smallest absolute Gasteiger partial charge is 0.185 e. The number of thiazole rings is 1. The maximum Gasteiger partial charge on any atom is 0.185 e. The fraction of sp³-hybridized carbons (Fsp3) is 0.455. The van der Waals surface area contributed by atoms with E-state index in [9.17, 15) is 0 Å². The van der Waals surface area contributed by atoms with Gasteiger partial charge in [0.2, 0.25) is 0 Å². The predicted octanol–water partition coefficient (Wildman–Crippen LogP) is 1.79. The topological polar surface area (TPSA) is 81.5 Å². The Hall–Kier alpha value is -1.94. The molecule has 1 saturated heterocycles. The van der Waals surface area contributed by atoms with Crippen LogP contribution in [-0.4, -0.2) is 33.5 Å². The maximum atomic E-state index is 8.93. The Labute approximate surface area is 108 Å². The molecule has 0 aromatic carbocycles. The molecule has 0 bridgehead atoms. The number of H-pyrrole nitrogens is 1. The Balaban J connectivity index is 1.87. The van der Waals surface area contributed by atoms with E-state index in [2.05, 4.69) is 25.3 Å². The Morgan fingerprint density at radius 3 is 2.94 bits per heavy atom. The van der Waals surface area contributed by atoms with Crippen LogP contribution in [0.4, 0.5) is 5.13 Å². The van der Waals surface area contributed by atoms with Gasteiger partial charge in [-0.1, -0.05) is 5.21 Å². The minimum absolute atomic E-state index is 0.366. The average molecular weight is 260 g/mol. The minimum atomic E-state index is 0.366. The summed E-state index contributed by atoms with van der Waals surface area (Å²) in [4.78, 5) is 6.85. The fourth-order valence-electron chi connectivity index (χ4n) is 2.09. The van der Waals surface area contributed by atoms with Crippen molar-refractivity contribution in [1.82, 2.24) is 20.4 Å². The lowest BCUT2D eigenvalue weighted by Crippen LogP contribution is -2.29. The van der Waals surface area contributed by atoms with Gasteiger partial charge in [0, 0.05) is 18.5 Å². The molecule has 2 aromatic heterocycles. The second kappa shape index (κ2) is 4.74. The first-order valence-corrected chi connectivity index (χ1v) is 6.78. The highest BCUT2D eigenvalue weighted by molar-refractivity contribution is 7.14. The van der Waals surface area contributed by atoms with Crippen LogP contribution in [0.3, 0.4) is 0 Å². The zero-order chi connectivity index (χ0) is 12.4. The number of aromatic amines is 1. The van der Waals surface area contributed by atoms with Crippen molar-refractivity contribution >= 4 is 16.5 Å². The molecule has 2 aromatic rings. The molecule has 0 atom stereocenters. The Morgan fingerprint density at radius 2 is 2.17 bits per heavy atom. The summed E-state index contributed by atoms with van der Waals surface area (Å²) in [7, 11) is 0. The second-order valence-corrected chi connectivity index (χ2v) is 5.05. The molecule has 3 heterocycles. The third-order valence-corrected chi connectivity index (χ3v) is 3.92. The molecule has 1 aliphatic heterocycles. The van der Waals surface area contributed by atoms with Gasteiger partial charge in [0.25, 0.3) is 0 Å². The molecule has 7 heteroatoms. The number of nitrogens with one attached hydrogen (secondary N) is 1. The lowest BCUT2D eigenvalue weighted by atomic mass is 10.1. The summed E-state index contributed by atoms with van der Waals surface area (Å²) < 4.78 is 0. The van der Waals surface area contributed by atoms with Crippen LogP contribution in [0.2, 0.25) is 0 Å². The van der Waals surface area contributed by atoms with Gasteiger partial charge in [-0.3, -0.25) is 0 Å². The molecule has 1 fully saturated rings. The summed E-state index contributed by atoms with van der Waals surface area (Å²) >= 11 is 1.60. The number of nitriles is 1. The number of hydrogen-bond acceptors (Lipinski definition) is 6. The standard InChI is InChI=1S/C11H12N6S/c12-6-8-10(15-16-14-8)9-7-18-11(13-9)17-4-2-1-3-5-17/h7H,1-5H2,(H,14,15,16). The van der Waals surface area contributed by atoms with Gasteiger partial charge in [0.15, 0.2) is 10.8 Å². The number of rotatable bonds is 2. The van der Waals surface area contributed by atoms with Crippen LogP contribution in [0.15, 0.2) is 5.38 Å². The monoisotopic (exact) mass is 260 g/mol. The summed E-state index contributed by atoms with van der Waals surface area (Å²) in [6, 6.07) is 2.03. The first-order valence-electron chi connectivity index (χ1n) is 5.90. The van der Waals surface area contributed by atoms with E-state index in [0.29, 0.717) is 11.4 Å². The average Bonchev–Trinajstić information content (AvgIpc) is 3.08. The number of nitrogens with zero attached hydrogens (tertiary/aromatic N) is 5. The molecule has 1 N–H and O–H groups in total. The molecule has 0 unspecified atom stereocenters. The SMILES string of the molecule is N#Cc1[nH]nnc1-c1csc(N2CCCCC2)n1. The zero-order valence-corrected chi connectivity index (χ0v) is 10.6. The van der Waals surface area contributed by atoms with Crippen LogP contribution < -0.4 is 4.90 Å². The normalized spacial score (nSPS) is 15.6.